The van der Waals surface area contributed by atoms with Crippen LogP contribution in [0.1, 0.15) is 31.2 Å². The Labute approximate surface area is 158 Å². The second-order valence-corrected chi connectivity index (χ2v) is 7.52. The lowest BCUT2D eigenvalue weighted by Gasteiger charge is -2.36. The maximum absolute atomic E-state index is 13.1. The van der Waals surface area contributed by atoms with Gasteiger partial charge in [0.25, 0.3) is 0 Å². The van der Waals surface area contributed by atoms with Gasteiger partial charge in [-0.25, -0.2) is 4.79 Å². The Kier molecular flexibility index (Phi) is 4.47. The van der Waals surface area contributed by atoms with Crippen LogP contribution in [0.4, 0.5) is 23.7 Å². The Morgan fingerprint density at radius 2 is 1.86 bits per heavy atom. The summed E-state index contributed by atoms with van der Waals surface area (Å²) in [6, 6.07) is 3.63. The summed E-state index contributed by atoms with van der Waals surface area (Å²) in [6.07, 6.45) is -0.0557. The van der Waals surface area contributed by atoms with Gasteiger partial charge in [0, 0.05) is 12.3 Å². The summed E-state index contributed by atoms with van der Waals surface area (Å²) in [4.78, 5) is 42.1. The van der Waals surface area contributed by atoms with Crippen LogP contribution in [-0.2, 0) is 15.8 Å². The van der Waals surface area contributed by atoms with Crippen molar-refractivity contribution in [2.75, 3.05) is 0 Å². The molecule has 1 aliphatic heterocycles. The minimum Gasteiger partial charge on any atom is -0.277 e. The van der Waals surface area contributed by atoms with Crippen LogP contribution >= 0.6 is 0 Å². The van der Waals surface area contributed by atoms with Crippen LogP contribution < -0.4 is 5.32 Å². The fourth-order valence-electron chi connectivity index (χ4n) is 4.56. The molecule has 1 aromatic rings. The van der Waals surface area contributed by atoms with E-state index >= 15 is 0 Å². The van der Waals surface area contributed by atoms with Crippen LogP contribution in [0.3, 0.4) is 0 Å². The van der Waals surface area contributed by atoms with E-state index in [1.165, 1.54) is 12.1 Å². The molecule has 4 amide bonds. The van der Waals surface area contributed by atoms with E-state index in [9.17, 15) is 27.6 Å². The highest BCUT2D eigenvalue weighted by Crippen LogP contribution is 2.47. The Morgan fingerprint density at radius 1 is 1.11 bits per heavy atom. The molecule has 1 N–H and O–H groups in total. The molecule has 4 atom stereocenters. The molecule has 1 aromatic carbocycles. The van der Waals surface area contributed by atoms with Crippen molar-refractivity contribution >= 4 is 29.7 Å². The molecule has 0 spiro atoms. The molecule has 3 aliphatic rings. The number of carbonyl (C=O) groups excluding carboxylic acids is 3. The van der Waals surface area contributed by atoms with Crippen LogP contribution in [0.5, 0.6) is 0 Å². The summed E-state index contributed by atoms with van der Waals surface area (Å²) in [5.41, 5.74) is -1.35. The van der Waals surface area contributed by atoms with Crippen LogP contribution in [0.2, 0.25) is 0 Å². The molecular weight excluding hydrogens is 375 g/mol. The Morgan fingerprint density at radius 3 is 2.50 bits per heavy atom. The van der Waals surface area contributed by atoms with Crippen LogP contribution in [-0.4, -0.2) is 35.0 Å². The van der Waals surface area contributed by atoms with Gasteiger partial charge in [-0.15, -0.1) is 0 Å². The van der Waals surface area contributed by atoms with E-state index in [2.05, 4.69) is 10.3 Å². The summed E-state index contributed by atoms with van der Waals surface area (Å²) in [7, 11) is 0. The molecule has 0 radical (unpaired) electrons. The summed E-state index contributed by atoms with van der Waals surface area (Å²) in [6.45, 7) is 0. The number of fused-ring (bicyclic) bond motifs is 2. The average molecular weight is 393 g/mol. The van der Waals surface area contributed by atoms with Crippen molar-refractivity contribution in [1.29, 1.82) is 0 Å². The molecule has 9 heteroatoms. The first-order chi connectivity index (χ1) is 13.3. The first-order valence-electron chi connectivity index (χ1n) is 9.14. The van der Waals surface area contributed by atoms with Gasteiger partial charge < -0.3 is 0 Å². The number of hydrogen-bond donors (Lipinski definition) is 1. The molecule has 4 rings (SSSR count). The first-order valence-corrected chi connectivity index (χ1v) is 9.14. The molecule has 6 nitrogen and oxygen atoms in total. The summed E-state index contributed by atoms with van der Waals surface area (Å²) in [5, 5.41) is 2.14. The molecule has 28 heavy (non-hydrogen) atoms. The normalized spacial score (nSPS) is 30.4. The zero-order valence-electron chi connectivity index (χ0n) is 14.8. The predicted octanol–water partition coefficient (Wildman–Crippen LogP) is 3.29. The average Bonchev–Trinajstić information content (AvgIpc) is 3.24. The van der Waals surface area contributed by atoms with Crippen LogP contribution in [0.15, 0.2) is 29.3 Å². The molecule has 0 aromatic heterocycles. The number of urea groups is 1. The number of aliphatic imine (C=N–C) groups is 1. The number of carbonyl (C=O) groups is 3. The van der Waals surface area contributed by atoms with Crippen LogP contribution in [0, 0.1) is 17.8 Å². The molecule has 3 fully saturated rings. The largest absolute Gasteiger partial charge is 0.418 e. The number of para-hydroxylation sites is 1. The molecule has 1 saturated heterocycles. The van der Waals surface area contributed by atoms with Gasteiger partial charge in [-0.2, -0.15) is 13.2 Å². The summed E-state index contributed by atoms with van der Waals surface area (Å²) >= 11 is 0. The van der Waals surface area contributed by atoms with Crippen molar-refractivity contribution in [2.24, 2.45) is 22.7 Å². The maximum Gasteiger partial charge on any atom is 0.418 e. The smallest absolute Gasteiger partial charge is 0.277 e. The van der Waals surface area contributed by atoms with Gasteiger partial charge in [-0.1, -0.05) is 18.6 Å². The van der Waals surface area contributed by atoms with Crippen molar-refractivity contribution in [3.8, 4) is 0 Å². The topological polar surface area (TPSA) is 78.8 Å². The lowest BCUT2D eigenvalue weighted by Crippen LogP contribution is -2.62. The molecule has 2 aliphatic carbocycles. The highest BCUT2D eigenvalue weighted by Gasteiger charge is 2.50. The molecular formula is C19H18F3N3O3. The third-order valence-electron chi connectivity index (χ3n) is 5.84. The van der Waals surface area contributed by atoms with E-state index in [1.807, 2.05) is 0 Å². The lowest BCUT2D eigenvalue weighted by atomic mass is 9.92. The standard InChI is InChI=1S/C19H18F3N3O3/c20-19(21,22)13-3-1-2-4-14(13)23-9-12-16(26)24-18(28)25(17(12)27)15-8-10-5-6-11(15)7-10/h1-4,9-12,15H,5-8H2,(H,24,26,28)/t10-,11-,12-,15-/m0/s1. The molecule has 0 unspecified atom stereocenters. The zero-order valence-corrected chi connectivity index (χ0v) is 14.8. The first kappa shape index (κ1) is 18.6. The van der Waals surface area contributed by atoms with Gasteiger partial charge in [-0.3, -0.25) is 24.8 Å². The molecule has 2 bridgehead atoms. The number of alkyl halides is 3. The van der Waals surface area contributed by atoms with Gasteiger partial charge in [0.1, 0.15) is 0 Å². The third kappa shape index (κ3) is 3.18. The minimum absolute atomic E-state index is 0.219. The van der Waals surface area contributed by atoms with Gasteiger partial charge in [0.15, 0.2) is 5.92 Å². The number of rotatable bonds is 3. The van der Waals surface area contributed by atoms with Crippen LogP contribution in [0.25, 0.3) is 0 Å². The predicted molar refractivity (Wildman–Crippen MR) is 92.7 cm³/mol. The SMILES string of the molecule is O=C1NC(=O)N([C@H]2C[C@H]3CC[C@H]2C3)C(=O)[C@H]1C=Nc1ccccc1C(F)(F)F. The van der Waals surface area contributed by atoms with Crippen molar-refractivity contribution in [3.63, 3.8) is 0 Å². The highest BCUT2D eigenvalue weighted by molar-refractivity contribution is 6.23. The van der Waals surface area contributed by atoms with E-state index in [-0.39, 0.29) is 17.6 Å². The van der Waals surface area contributed by atoms with Gasteiger partial charge in [-0.05, 0) is 43.2 Å². The van der Waals surface area contributed by atoms with Gasteiger partial charge >= 0.3 is 12.2 Å². The lowest BCUT2D eigenvalue weighted by molar-refractivity contribution is -0.141. The second-order valence-electron chi connectivity index (χ2n) is 7.52. The van der Waals surface area contributed by atoms with E-state index in [1.54, 1.807) is 0 Å². The molecule has 1 heterocycles. The quantitative estimate of drug-likeness (QED) is 0.632. The number of nitrogens with one attached hydrogen (secondary N) is 1. The van der Waals surface area contributed by atoms with Gasteiger partial charge in [0.05, 0.1) is 11.3 Å². The number of imide groups is 2. The van der Waals surface area contributed by atoms with E-state index < -0.39 is 35.5 Å². The molecule has 148 valence electrons. The van der Waals surface area contributed by atoms with E-state index in [0.29, 0.717) is 12.3 Å². The Balaban J connectivity index is 1.59. The minimum atomic E-state index is -4.61. The summed E-state index contributed by atoms with van der Waals surface area (Å²) in [5.74, 6) is -2.34. The second kappa shape index (κ2) is 6.72. The fraction of sp³-hybridized carbons (Fsp3) is 0.474. The number of nitrogens with zero attached hydrogens (tertiary/aromatic N) is 2. The van der Waals surface area contributed by atoms with E-state index in [0.717, 1.165) is 42.5 Å². The maximum atomic E-state index is 13.1. The third-order valence-corrected chi connectivity index (χ3v) is 5.84. The van der Waals surface area contributed by atoms with Crippen molar-refractivity contribution < 1.29 is 27.6 Å². The van der Waals surface area contributed by atoms with Crippen molar-refractivity contribution in [3.05, 3.63) is 29.8 Å². The highest BCUT2D eigenvalue weighted by atomic mass is 19.4. The van der Waals surface area contributed by atoms with E-state index in [4.69, 9.17) is 0 Å². The van der Waals surface area contributed by atoms with Crippen molar-refractivity contribution in [1.82, 2.24) is 10.2 Å². The monoisotopic (exact) mass is 393 g/mol. The van der Waals surface area contributed by atoms with Gasteiger partial charge in [0.2, 0.25) is 11.8 Å². The van der Waals surface area contributed by atoms with Crippen molar-refractivity contribution in [2.45, 2.75) is 37.9 Å². The molecule has 2 saturated carbocycles. The number of amides is 4. The Bertz CT molecular complexity index is 867. The number of halogens is 3. The number of benzene rings is 1. The fourth-order valence-corrected chi connectivity index (χ4v) is 4.56. The number of barbiturate groups is 1. The number of hydrogen-bond acceptors (Lipinski definition) is 4. The summed E-state index contributed by atoms with van der Waals surface area (Å²) < 4.78 is 39.3. The Hall–Kier alpha value is -2.71. The zero-order chi connectivity index (χ0) is 20.1.